The minimum atomic E-state index is -1.33. The van der Waals surface area contributed by atoms with Crippen molar-refractivity contribution in [1.82, 2.24) is 6.15 Å². The lowest BCUT2D eigenvalue weighted by Crippen LogP contribution is -2.03. The van der Waals surface area contributed by atoms with E-state index in [1.54, 1.807) is 0 Å². The van der Waals surface area contributed by atoms with Gasteiger partial charge in [-0.2, -0.15) is 0 Å². The van der Waals surface area contributed by atoms with E-state index in [2.05, 4.69) is 12.7 Å². The molecule has 0 aliphatic heterocycles. The summed E-state index contributed by atoms with van der Waals surface area (Å²) in [6.45, 7) is 2.17. The Bertz CT molecular complexity index is 73.0. The van der Waals surface area contributed by atoms with Crippen molar-refractivity contribution < 1.29 is 9.90 Å². The first-order valence-electron chi connectivity index (χ1n) is 3.19. The highest BCUT2D eigenvalue weighted by atomic mass is 35.5. The average molecular weight is 185 g/mol. The van der Waals surface area contributed by atoms with Gasteiger partial charge in [0.2, 0.25) is 0 Å². The number of rotatable bonds is 3. The molecule has 11 heavy (non-hydrogen) atoms. The van der Waals surface area contributed by atoms with E-state index in [4.69, 9.17) is 21.5 Å². The number of carbonyl (C=O) groups is 1. The number of alkyl halides is 1. The van der Waals surface area contributed by atoms with Gasteiger partial charge in [0.1, 0.15) is 0 Å². The Kier molecular flexibility index (Phi) is 24.9. The fourth-order valence-electron chi connectivity index (χ4n) is 0.344. The summed E-state index contributed by atoms with van der Waals surface area (Å²) in [5, 5.41) is 7.19. The third-order valence-corrected chi connectivity index (χ3v) is 1.00. The number of nitrogens with two attached hydrogens (primary N) is 1. The van der Waals surface area contributed by atoms with Crippen molar-refractivity contribution in [2.45, 2.75) is 26.2 Å². The second-order valence-corrected chi connectivity index (χ2v) is 2.11. The van der Waals surface area contributed by atoms with Crippen molar-refractivity contribution in [1.29, 1.82) is 0 Å². The highest BCUT2D eigenvalue weighted by molar-refractivity contribution is 6.17. The van der Waals surface area contributed by atoms with Crippen molar-refractivity contribution in [3.8, 4) is 0 Å². The summed E-state index contributed by atoms with van der Waals surface area (Å²) >= 11 is 5.38. The quantitative estimate of drug-likeness (QED) is 0.463. The van der Waals surface area contributed by atoms with Gasteiger partial charge in [-0.05, 0) is 6.42 Å². The van der Waals surface area contributed by atoms with Crippen molar-refractivity contribution in [2.24, 2.45) is 5.73 Å². The molecule has 6 N–H and O–H groups in total. The molecule has 0 aliphatic rings. The molecule has 0 aliphatic carbocycles. The van der Waals surface area contributed by atoms with Crippen molar-refractivity contribution in [3.63, 3.8) is 0 Å². The largest absolute Gasteiger partial charge is 0.465 e. The maximum absolute atomic E-state index is 8.78. The van der Waals surface area contributed by atoms with Gasteiger partial charge in [-0.3, -0.25) is 0 Å². The maximum atomic E-state index is 8.78. The molecule has 0 spiro atoms. The molecule has 0 heterocycles. The highest BCUT2D eigenvalue weighted by Crippen LogP contribution is 1.93. The monoisotopic (exact) mass is 184 g/mol. The summed E-state index contributed by atoms with van der Waals surface area (Å²) in [7, 11) is 0. The molecule has 0 aromatic heterocycles. The number of amides is 1. The van der Waals surface area contributed by atoms with Gasteiger partial charge in [0.05, 0.1) is 0 Å². The van der Waals surface area contributed by atoms with Crippen LogP contribution in [0.15, 0.2) is 0 Å². The van der Waals surface area contributed by atoms with E-state index in [0.717, 1.165) is 5.88 Å². The predicted molar refractivity (Wildman–Crippen MR) is 47.5 cm³/mol. The van der Waals surface area contributed by atoms with Gasteiger partial charge >= 0.3 is 6.09 Å². The van der Waals surface area contributed by atoms with E-state index in [-0.39, 0.29) is 6.15 Å². The molecule has 0 fully saturated rings. The highest BCUT2D eigenvalue weighted by Gasteiger charge is 1.76. The van der Waals surface area contributed by atoms with Crippen LogP contribution < -0.4 is 11.9 Å². The van der Waals surface area contributed by atoms with Gasteiger partial charge in [0.25, 0.3) is 0 Å². The first-order valence-corrected chi connectivity index (χ1v) is 3.73. The third-order valence-electron chi connectivity index (χ3n) is 0.737. The summed E-state index contributed by atoms with van der Waals surface area (Å²) in [5.74, 6) is 0.827. The van der Waals surface area contributed by atoms with Crippen LogP contribution in [-0.2, 0) is 0 Å². The molecular weight excluding hydrogens is 168 g/mol. The molecule has 0 rings (SSSR count). The number of hydrogen-bond acceptors (Lipinski definition) is 2. The van der Waals surface area contributed by atoms with E-state index >= 15 is 0 Å². The molecular formula is C6H17ClN2O2. The zero-order valence-corrected chi connectivity index (χ0v) is 7.60. The molecule has 0 saturated heterocycles. The zero-order chi connectivity index (χ0) is 8.41. The molecule has 0 aromatic rings. The number of halogens is 1. The lowest BCUT2D eigenvalue weighted by molar-refractivity contribution is 0.205. The summed E-state index contributed by atoms with van der Waals surface area (Å²) < 4.78 is 0. The standard InChI is InChI=1S/C5H11Cl.CH3NO2.H3N/c1-2-3-4-5-6;2-1(3)4;/h2-5H2,1H3;2H2,(H,3,4);1H3. The van der Waals surface area contributed by atoms with Crippen LogP contribution in [0.1, 0.15) is 26.2 Å². The normalized spacial score (nSPS) is 7.09. The summed E-state index contributed by atoms with van der Waals surface area (Å²) in [4.78, 5) is 8.78. The molecule has 1 amide bonds. The van der Waals surface area contributed by atoms with E-state index in [9.17, 15) is 0 Å². The van der Waals surface area contributed by atoms with Gasteiger partial charge in [0.15, 0.2) is 0 Å². The average Bonchev–Trinajstić information content (AvgIpc) is 1.82. The van der Waals surface area contributed by atoms with Crippen LogP contribution in [0.25, 0.3) is 0 Å². The summed E-state index contributed by atoms with van der Waals surface area (Å²) in [6, 6.07) is 0. The first-order chi connectivity index (χ1) is 4.65. The van der Waals surface area contributed by atoms with Crippen LogP contribution in [0.3, 0.4) is 0 Å². The number of primary amides is 1. The van der Waals surface area contributed by atoms with Crippen LogP contribution >= 0.6 is 11.6 Å². The number of hydrogen-bond donors (Lipinski definition) is 3. The third kappa shape index (κ3) is 84.8. The van der Waals surface area contributed by atoms with Gasteiger partial charge in [-0.25, -0.2) is 4.79 Å². The van der Waals surface area contributed by atoms with Gasteiger partial charge in [-0.15, -0.1) is 11.6 Å². The second kappa shape index (κ2) is 16.3. The summed E-state index contributed by atoms with van der Waals surface area (Å²) in [6.07, 6.45) is 2.40. The molecule has 0 radical (unpaired) electrons. The molecule has 70 valence electrons. The number of unbranched alkanes of at least 4 members (excludes halogenated alkanes) is 2. The molecule has 0 unspecified atom stereocenters. The van der Waals surface area contributed by atoms with Gasteiger partial charge in [0, 0.05) is 5.88 Å². The van der Waals surface area contributed by atoms with Crippen LogP contribution in [0.2, 0.25) is 0 Å². The fraction of sp³-hybridized carbons (Fsp3) is 0.833. The molecule has 0 atom stereocenters. The van der Waals surface area contributed by atoms with Crippen LogP contribution in [-0.4, -0.2) is 17.1 Å². The molecule has 0 saturated carbocycles. The maximum Gasteiger partial charge on any atom is 0.402 e. The minimum Gasteiger partial charge on any atom is -0.465 e. The smallest absolute Gasteiger partial charge is 0.402 e. The lowest BCUT2D eigenvalue weighted by Gasteiger charge is -1.84. The summed E-state index contributed by atoms with van der Waals surface area (Å²) in [5.41, 5.74) is 4.03. The number of carboxylic acid groups (broad SMARTS) is 1. The van der Waals surface area contributed by atoms with E-state index in [1.165, 1.54) is 19.3 Å². The van der Waals surface area contributed by atoms with E-state index < -0.39 is 6.09 Å². The Balaban J connectivity index is -0.000000114. The van der Waals surface area contributed by atoms with Crippen molar-refractivity contribution in [3.05, 3.63) is 0 Å². The predicted octanol–water partition coefficient (Wildman–Crippen LogP) is 2.20. The van der Waals surface area contributed by atoms with Crippen molar-refractivity contribution >= 4 is 17.7 Å². The Hall–Kier alpha value is -0.480. The van der Waals surface area contributed by atoms with Crippen LogP contribution in [0.5, 0.6) is 0 Å². The van der Waals surface area contributed by atoms with Crippen LogP contribution in [0.4, 0.5) is 4.79 Å². The van der Waals surface area contributed by atoms with Crippen molar-refractivity contribution in [2.75, 3.05) is 5.88 Å². The second-order valence-electron chi connectivity index (χ2n) is 1.73. The van der Waals surface area contributed by atoms with Crippen LogP contribution in [0, 0.1) is 0 Å². The van der Waals surface area contributed by atoms with E-state index in [0.29, 0.717) is 0 Å². The lowest BCUT2D eigenvalue weighted by atomic mass is 10.3. The Morgan fingerprint density at radius 1 is 1.55 bits per heavy atom. The Morgan fingerprint density at radius 2 is 1.91 bits per heavy atom. The molecule has 4 nitrogen and oxygen atoms in total. The fourth-order valence-corrected chi connectivity index (χ4v) is 0.533. The molecule has 0 aromatic carbocycles. The first kappa shape index (κ1) is 16.9. The Labute approximate surface area is 72.3 Å². The minimum absolute atomic E-state index is 0. The van der Waals surface area contributed by atoms with Gasteiger partial charge < -0.3 is 17.0 Å². The van der Waals surface area contributed by atoms with E-state index in [1.807, 2.05) is 0 Å². The van der Waals surface area contributed by atoms with Gasteiger partial charge in [-0.1, -0.05) is 19.8 Å². The Morgan fingerprint density at radius 3 is 2.00 bits per heavy atom. The topological polar surface area (TPSA) is 98.3 Å². The molecule has 5 heteroatoms. The SMILES string of the molecule is CCCCCCl.N.NC(=O)O. The molecule has 0 bridgehead atoms. The zero-order valence-electron chi connectivity index (χ0n) is 6.85.